The first-order valence-corrected chi connectivity index (χ1v) is 8.31. The summed E-state index contributed by atoms with van der Waals surface area (Å²) < 4.78 is 5.87. The number of nitrogens with one attached hydrogen (secondary N) is 1. The smallest absolute Gasteiger partial charge is 0.119 e. The highest BCUT2D eigenvalue weighted by Crippen LogP contribution is 2.37. The molecule has 1 aliphatic carbocycles. The molecule has 3 nitrogen and oxygen atoms in total. The summed E-state index contributed by atoms with van der Waals surface area (Å²) in [6.07, 6.45) is 5.52. The molecule has 0 saturated heterocycles. The van der Waals surface area contributed by atoms with Crippen molar-refractivity contribution in [1.29, 1.82) is 0 Å². The fourth-order valence-corrected chi connectivity index (χ4v) is 3.55. The molecule has 0 aliphatic heterocycles. The number of benzene rings is 1. The number of hydrogen-bond donors (Lipinski definition) is 2. The second-order valence-corrected chi connectivity index (χ2v) is 6.07. The van der Waals surface area contributed by atoms with Crippen LogP contribution in [-0.2, 0) is 6.42 Å². The fraction of sp³-hybridized carbons (Fsp3) is 0.667. The Kier molecular flexibility index (Phi) is 6.07. The Morgan fingerprint density at radius 1 is 1.29 bits per heavy atom. The van der Waals surface area contributed by atoms with Gasteiger partial charge in [0.15, 0.2) is 0 Å². The van der Waals surface area contributed by atoms with Gasteiger partial charge in [-0.1, -0.05) is 32.4 Å². The fourth-order valence-electron chi connectivity index (χ4n) is 3.55. The van der Waals surface area contributed by atoms with E-state index in [0.29, 0.717) is 5.92 Å². The molecule has 0 spiro atoms. The number of ether oxygens (including phenoxy) is 1. The number of aliphatic hydroxyl groups is 1. The van der Waals surface area contributed by atoms with Crippen LogP contribution >= 0.6 is 0 Å². The van der Waals surface area contributed by atoms with Crippen LogP contribution in [0.2, 0.25) is 0 Å². The molecule has 0 amide bonds. The molecule has 2 rings (SSSR count). The topological polar surface area (TPSA) is 41.5 Å². The average molecular weight is 291 g/mol. The Morgan fingerprint density at radius 3 is 2.67 bits per heavy atom. The molecule has 0 heterocycles. The summed E-state index contributed by atoms with van der Waals surface area (Å²) in [5, 5.41) is 13.3. The number of rotatable bonds is 8. The Hall–Kier alpha value is -1.06. The Balaban J connectivity index is 1.84. The van der Waals surface area contributed by atoms with E-state index >= 15 is 0 Å². The molecule has 0 aromatic heterocycles. The molecule has 0 bridgehead atoms. The van der Waals surface area contributed by atoms with Crippen LogP contribution in [0, 0.1) is 5.92 Å². The van der Waals surface area contributed by atoms with Crippen molar-refractivity contribution in [3.8, 4) is 5.75 Å². The summed E-state index contributed by atoms with van der Waals surface area (Å²) in [5.41, 5.74) is 1.26. The lowest BCUT2D eigenvalue weighted by Gasteiger charge is -2.34. The molecule has 1 aliphatic rings. The van der Waals surface area contributed by atoms with E-state index in [-0.39, 0.29) is 12.1 Å². The Morgan fingerprint density at radius 2 is 2.05 bits per heavy atom. The van der Waals surface area contributed by atoms with Crippen molar-refractivity contribution in [2.24, 2.45) is 5.92 Å². The third-order valence-corrected chi connectivity index (χ3v) is 4.83. The van der Waals surface area contributed by atoms with E-state index in [1.807, 2.05) is 0 Å². The monoisotopic (exact) mass is 291 g/mol. The average Bonchev–Trinajstić information content (AvgIpc) is 2.92. The van der Waals surface area contributed by atoms with Gasteiger partial charge in [0.1, 0.15) is 5.75 Å². The van der Waals surface area contributed by atoms with Crippen LogP contribution in [0.3, 0.4) is 0 Å². The lowest BCUT2D eigenvalue weighted by molar-refractivity contribution is 0.111. The second kappa shape index (κ2) is 7.81. The van der Waals surface area contributed by atoms with E-state index < -0.39 is 0 Å². The predicted molar refractivity (Wildman–Crippen MR) is 86.8 cm³/mol. The predicted octanol–water partition coefficient (Wildman–Crippen LogP) is 3.16. The van der Waals surface area contributed by atoms with Crippen molar-refractivity contribution in [2.45, 2.75) is 51.5 Å². The maximum atomic E-state index is 9.79. The third-order valence-electron chi connectivity index (χ3n) is 4.83. The van der Waals surface area contributed by atoms with Gasteiger partial charge in [-0.3, -0.25) is 0 Å². The minimum Gasteiger partial charge on any atom is -0.494 e. The molecule has 2 unspecified atom stereocenters. The summed E-state index contributed by atoms with van der Waals surface area (Å²) in [4.78, 5) is 0. The second-order valence-electron chi connectivity index (χ2n) is 6.07. The molecule has 3 heteroatoms. The van der Waals surface area contributed by atoms with Crippen molar-refractivity contribution in [2.75, 3.05) is 19.8 Å². The van der Waals surface area contributed by atoms with Gasteiger partial charge in [-0.2, -0.15) is 0 Å². The third kappa shape index (κ3) is 3.98. The highest BCUT2D eigenvalue weighted by Gasteiger charge is 2.41. The highest BCUT2D eigenvalue weighted by molar-refractivity contribution is 5.27. The Labute approximate surface area is 128 Å². The van der Waals surface area contributed by atoms with Gasteiger partial charge in [-0.15, -0.1) is 0 Å². The van der Waals surface area contributed by atoms with Gasteiger partial charge in [-0.25, -0.2) is 0 Å². The zero-order valence-electron chi connectivity index (χ0n) is 13.4. The molecule has 1 fully saturated rings. The zero-order valence-corrected chi connectivity index (χ0v) is 13.4. The summed E-state index contributed by atoms with van der Waals surface area (Å²) in [5.74, 6) is 1.46. The highest BCUT2D eigenvalue weighted by atomic mass is 16.5. The Bertz CT molecular complexity index is 418. The first-order chi connectivity index (χ1) is 10.2. The lowest BCUT2D eigenvalue weighted by atomic mass is 9.85. The van der Waals surface area contributed by atoms with Crippen molar-refractivity contribution in [1.82, 2.24) is 5.32 Å². The minimum absolute atomic E-state index is 0.0792. The summed E-state index contributed by atoms with van der Waals surface area (Å²) in [7, 11) is 0. The van der Waals surface area contributed by atoms with Crippen LogP contribution in [-0.4, -0.2) is 30.4 Å². The standard InChI is InChI=1S/C18H29NO2/c1-3-15-7-9-17(10-8-15)21-13-11-16-6-5-12-18(16,14-20)19-4-2/h7-10,16,19-20H,3-6,11-14H2,1-2H3. The number of aliphatic hydroxyl groups excluding tert-OH is 1. The van der Waals surface area contributed by atoms with E-state index in [1.54, 1.807) is 0 Å². The summed E-state index contributed by atoms with van der Waals surface area (Å²) in [6.45, 7) is 6.14. The number of likely N-dealkylation sites (N-methyl/N-ethyl adjacent to an activating group) is 1. The maximum absolute atomic E-state index is 9.79. The van der Waals surface area contributed by atoms with Gasteiger partial charge < -0.3 is 15.2 Å². The lowest BCUT2D eigenvalue weighted by Crippen LogP contribution is -2.51. The molecule has 21 heavy (non-hydrogen) atoms. The quantitative estimate of drug-likeness (QED) is 0.773. The van der Waals surface area contributed by atoms with Gasteiger partial charge in [0, 0.05) is 5.54 Å². The molecule has 1 aromatic carbocycles. The zero-order chi connectivity index (χ0) is 15.1. The minimum atomic E-state index is -0.0792. The van der Waals surface area contributed by atoms with E-state index in [9.17, 15) is 5.11 Å². The number of hydrogen-bond acceptors (Lipinski definition) is 3. The molecule has 118 valence electrons. The van der Waals surface area contributed by atoms with E-state index in [2.05, 4.69) is 43.4 Å². The van der Waals surface area contributed by atoms with Gasteiger partial charge in [0.05, 0.1) is 13.2 Å². The maximum Gasteiger partial charge on any atom is 0.119 e. The van der Waals surface area contributed by atoms with Crippen LogP contribution in [0.4, 0.5) is 0 Å². The molecular weight excluding hydrogens is 262 g/mol. The normalized spacial score (nSPS) is 25.2. The molecule has 1 saturated carbocycles. The molecule has 2 atom stereocenters. The van der Waals surface area contributed by atoms with Crippen LogP contribution in [0.15, 0.2) is 24.3 Å². The number of aryl methyl sites for hydroxylation is 1. The van der Waals surface area contributed by atoms with Crippen LogP contribution in [0.25, 0.3) is 0 Å². The van der Waals surface area contributed by atoms with Crippen LogP contribution < -0.4 is 10.1 Å². The van der Waals surface area contributed by atoms with Gasteiger partial charge in [0.25, 0.3) is 0 Å². The van der Waals surface area contributed by atoms with Gasteiger partial charge in [0.2, 0.25) is 0 Å². The van der Waals surface area contributed by atoms with Crippen molar-refractivity contribution >= 4 is 0 Å². The van der Waals surface area contributed by atoms with Crippen LogP contribution in [0.5, 0.6) is 5.75 Å². The first-order valence-electron chi connectivity index (χ1n) is 8.31. The SMILES string of the molecule is CCNC1(CO)CCCC1CCOc1ccc(CC)cc1. The van der Waals surface area contributed by atoms with Crippen molar-refractivity contribution in [3.05, 3.63) is 29.8 Å². The van der Waals surface area contributed by atoms with Gasteiger partial charge in [-0.05, 0) is 55.8 Å². The van der Waals surface area contributed by atoms with Crippen molar-refractivity contribution in [3.63, 3.8) is 0 Å². The van der Waals surface area contributed by atoms with Gasteiger partial charge >= 0.3 is 0 Å². The van der Waals surface area contributed by atoms with E-state index in [4.69, 9.17) is 4.74 Å². The molecule has 2 N–H and O–H groups in total. The van der Waals surface area contributed by atoms with E-state index in [1.165, 1.54) is 18.4 Å². The summed E-state index contributed by atoms with van der Waals surface area (Å²) >= 11 is 0. The molecule has 0 radical (unpaired) electrons. The molecular formula is C18H29NO2. The largest absolute Gasteiger partial charge is 0.494 e. The van der Waals surface area contributed by atoms with Crippen LogP contribution in [0.1, 0.15) is 45.1 Å². The molecule has 1 aromatic rings. The van der Waals surface area contributed by atoms with Crippen molar-refractivity contribution < 1.29 is 9.84 Å². The first kappa shape index (κ1) is 16.3. The summed E-state index contributed by atoms with van der Waals surface area (Å²) in [6, 6.07) is 8.36. The van der Waals surface area contributed by atoms with E-state index in [0.717, 1.165) is 38.2 Å².